The molecule has 0 saturated carbocycles. The highest BCUT2D eigenvalue weighted by Gasteiger charge is 2.08. The number of nitrogens with zero attached hydrogens (tertiary/aromatic N) is 1. The molecular weight excluding hydrogens is 246 g/mol. The second kappa shape index (κ2) is 5.31. The average Bonchev–Trinajstić information content (AvgIpc) is 2.79. The molecule has 1 aromatic carbocycles. The summed E-state index contributed by atoms with van der Waals surface area (Å²) in [5.41, 5.74) is 2.69. The number of carbonyl (C=O) groups is 1. The number of aryl methyl sites for hydroxylation is 1. The van der Waals surface area contributed by atoms with Gasteiger partial charge in [-0.25, -0.2) is 0 Å². The molecule has 0 amide bonds. The van der Waals surface area contributed by atoms with Crippen LogP contribution >= 0.6 is 11.3 Å². The summed E-state index contributed by atoms with van der Waals surface area (Å²) in [6, 6.07) is 6.17. The van der Waals surface area contributed by atoms with Crippen LogP contribution in [0.3, 0.4) is 0 Å². The van der Waals surface area contributed by atoms with Crippen LogP contribution in [-0.2, 0) is 0 Å². The Bertz CT molecular complexity index is 561. The van der Waals surface area contributed by atoms with E-state index in [9.17, 15) is 4.79 Å². The number of hydrogen-bond donors (Lipinski definition) is 0. The third-order valence-corrected chi connectivity index (χ3v) is 3.43. The zero-order valence-corrected chi connectivity index (χ0v) is 11.5. The maximum atomic E-state index is 10.6. The molecule has 18 heavy (non-hydrogen) atoms. The van der Waals surface area contributed by atoms with Crippen LogP contribution in [0.25, 0.3) is 0 Å². The molecule has 0 fully saturated rings. The van der Waals surface area contributed by atoms with Gasteiger partial charge >= 0.3 is 0 Å². The first-order valence-corrected chi connectivity index (χ1v) is 6.67. The van der Waals surface area contributed by atoms with Crippen molar-refractivity contribution < 1.29 is 9.53 Å². The van der Waals surface area contributed by atoms with Crippen molar-refractivity contribution in [1.29, 1.82) is 0 Å². The average molecular weight is 261 g/mol. The summed E-state index contributed by atoms with van der Waals surface area (Å²) >= 11 is 1.33. The number of benzene rings is 1. The summed E-state index contributed by atoms with van der Waals surface area (Å²) in [6.45, 7) is 6.28. The molecule has 1 heterocycles. The predicted molar refractivity (Wildman–Crippen MR) is 72.8 cm³/mol. The molecule has 0 atom stereocenters. The number of thiazole rings is 1. The van der Waals surface area contributed by atoms with Crippen LogP contribution in [0.2, 0.25) is 0 Å². The fourth-order valence-corrected chi connectivity index (χ4v) is 2.18. The van der Waals surface area contributed by atoms with E-state index < -0.39 is 0 Å². The Kier molecular flexibility index (Phi) is 3.77. The molecule has 0 bridgehead atoms. The number of aldehydes is 1. The lowest BCUT2D eigenvalue weighted by Gasteiger charge is -2.10. The Balaban J connectivity index is 2.27. The minimum atomic E-state index is 0.410. The Morgan fingerprint density at radius 2 is 2.17 bits per heavy atom. The van der Waals surface area contributed by atoms with Crippen molar-refractivity contribution in [3.8, 4) is 10.9 Å². The molecule has 1 aromatic heterocycles. The summed E-state index contributed by atoms with van der Waals surface area (Å²) in [5, 5.41) is 2.19. The van der Waals surface area contributed by atoms with Gasteiger partial charge in [0.15, 0.2) is 6.29 Å². The molecular formula is C14H15NO2S. The van der Waals surface area contributed by atoms with E-state index in [1.165, 1.54) is 16.9 Å². The maximum Gasteiger partial charge on any atom is 0.279 e. The third kappa shape index (κ3) is 2.76. The lowest BCUT2D eigenvalue weighted by Crippen LogP contribution is -1.92. The van der Waals surface area contributed by atoms with Crippen molar-refractivity contribution in [2.45, 2.75) is 26.7 Å². The van der Waals surface area contributed by atoms with Crippen LogP contribution in [0.5, 0.6) is 10.9 Å². The van der Waals surface area contributed by atoms with Crippen LogP contribution < -0.4 is 4.74 Å². The fourth-order valence-electron chi connectivity index (χ4n) is 1.55. The molecule has 0 spiro atoms. The number of carbonyl (C=O) groups excluding carboxylic acids is 1. The van der Waals surface area contributed by atoms with Crippen LogP contribution in [0.4, 0.5) is 0 Å². The smallest absolute Gasteiger partial charge is 0.279 e. The third-order valence-electron chi connectivity index (χ3n) is 2.70. The first-order chi connectivity index (χ1) is 8.60. The molecule has 0 aliphatic heterocycles. The van der Waals surface area contributed by atoms with Gasteiger partial charge in [-0.05, 0) is 30.0 Å². The van der Waals surface area contributed by atoms with Gasteiger partial charge in [0.05, 0.1) is 0 Å². The van der Waals surface area contributed by atoms with E-state index in [0.717, 1.165) is 17.6 Å². The van der Waals surface area contributed by atoms with Gasteiger partial charge in [-0.1, -0.05) is 37.3 Å². The van der Waals surface area contributed by atoms with Crippen LogP contribution in [0, 0.1) is 6.92 Å². The van der Waals surface area contributed by atoms with E-state index >= 15 is 0 Å². The minimum Gasteiger partial charge on any atom is -0.431 e. The topological polar surface area (TPSA) is 39.2 Å². The molecule has 0 N–H and O–H groups in total. The Labute approximate surface area is 110 Å². The number of hydrogen-bond acceptors (Lipinski definition) is 4. The second-order valence-corrected chi connectivity index (χ2v) is 5.26. The van der Waals surface area contributed by atoms with E-state index in [1.54, 1.807) is 5.38 Å². The van der Waals surface area contributed by atoms with Gasteiger partial charge in [0, 0.05) is 5.38 Å². The van der Waals surface area contributed by atoms with Gasteiger partial charge in [-0.15, -0.1) is 0 Å². The molecule has 0 aliphatic carbocycles. The molecule has 2 rings (SSSR count). The number of ether oxygens (including phenoxy) is 1. The predicted octanol–water partition coefficient (Wildman–Crippen LogP) is 4.18. The van der Waals surface area contributed by atoms with Crippen molar-refractivity contribution >= 4 is 17.6 Å². The standard InChI is InChI=1S/C14H15NO2S/c1-9(2)11-5-4-10(3)13(6-11)17-14-15-12(7-16)8-18-14/h4-9H,1-3H3. The summed E-state index contributed by atoms with van der Waals surface area (Å²) in [7, 11) is 0. The highest BCUT2D eigenvalue weighted by atomic mass is 32.1. The largest absolute Gasteiger partial charge is 0.431 e. The van der Waals surface area contributed by atoms with Crippen LogP contribution in [0.15, 0.2) is 23.6 Å². The van der Waals surface area contributed by atoms with Crippen molar-refractivity contribution in [3.05, 3.63) is 40.4 Å². The zero-order valence-electron chi connectivity index (χ0n) is 10.6. The Morgan fingerprint density at radius 1 is 1.39 bits per heavy atom. The highest BCUT2D eigenvalue weighted by Crippen LogP contribution is 2.30. The number of aromatic nitrogens is 1. The fraction of sp³-hybridized carbons (Fsp3) is 0.286. The molecule has 0 aliphatic rings. The SMILES string of the molecule is Cc1ccc(C(C)C)cc1Oc1nc(C=O)cs1. The van der Waals surface area contributed by atoms with Crippen LogP contribution in [0.1, 0.15) is 41.4 Å². The second-order valence-electron chi connectivity index (χ2n) is 4.44. The van der Waals surface area contributed by atoms with E-state index in [0.29, 0.717) is 16.8 Å². The van der Waals surface area contributed by atoms with Crippen molar-refractivity contribution in [2.24, 2.45) is 0 Å². The van der Waals surface area contributed by atoms with Crippen molar-refractivity contribution in [1.82, 2.24) is 4.98 Å². The van der Waals surface area contributed by atoms with Gasteiger partial charge in [0.2, 0.25) is 0 Å². The van der Waals surface area contributed by atoms with Crippen LogP contribution in [-0.4, -0.2) is 11.3 Å². The molecule has 0 unspecified atom stereocenters. The Hall–Kier alpha value is -1.68. The molecule has 94 valence electrons. The molecule has 3 nitrogen and oxygen atoms in total. The lowest BCUT2D eigenvalue weighted by molar-refractivity contribution is 0.111. The summed E-state index contributed by atoms with van der Waals surface area (Å²) < 4.78 is 5.73. The first kappa shape index (κ1) is 12.8. The van der Waals surface area contributed by atoms with Gasteiger partial charge in [-0.3, -0.25) is 4.79 Å². The van der Waals surface area contributed by atoms with Gasteiger partial charge in [0.25, 0.3) is 5.19 Å². The van der Waals surface area contributed by atoms with E-state index in [1.807, 2.05) is 19.1 Å². The van der Waals surface area contributed by atoms with Crippen molar-refractivity contribution in [3.63, 3.8) is 0 Å². The lowest BCUT2D eigenvalue weighted by atomic mass is 10.0. The summed E-state index contributed by atoms with van der Waals surface area (Å²) in [5.74, 6) is 1.25. The maximum absolute atomic E-state index is 10.6. The molecule has 4 heteroatoms. The zero-order chi connectivity index (χ0) is 13.1. The molecule has 0 saturated heterocycles. The Morgan fingerprint density at radius 3 is 2.78 bits per heavy atom. The van der Waals surface area contributed by atoms with Crippen molar-refractivity contribution in [2.75, 3.05) is 0 Å². The monoisotopic (exact) mass is 261 g/mol. The normalized spacial score (nSPS) is 10.7. The van der Waals surface area contributed by atoms with Gasteiger partial charge in [0.1, 0.15) is 11.4 Å². The molecule has 2 aromatic rings. The van der Waals surface area contributed by atoms with E-state index in [-0.39, 0.29) is 0 Å². The summed E-state index contributed by atoms with van der Waals surface area (Å²) in [4.78, 5) is 14.6. The minimum absolute atomic E-state index is 0.410. The first-order valence-electron chi connectivity index (χ1n) is 5.79. The highest BCUT2D eigenvalue weighted by molar-refractivity contribution is 7.11. The van der Waals surface area contributed by atoms with Gasteiger partial charge in [-0.2, -0.15) is 4.98 Å². The number of rotatable bonds is 4. The van der Waals surface area contributed by atoms with E-state index in [2.05, 4.69) is 24.9 Å². The quantitative estimate of drug-likeness (QED) is 0.775. The van der Waals surface area contributed by atoms with E-state index in [4.69, 9.17) is 4.74 Å². The molecule has 0 radical (unpaired) electrons. The summed E-state index contributed by atoms with van der Waals surface area (Å²) in [6.07, 6.45) is 0.723. The van der Waals surface area contributed by atoms with Gasteiger partial charge < -0.3 is 4.74 Å².